The molecule has 0 aromatic heterocycles. The molecular weight excluding hydrogens is 240 g/mol. The summed E-state index contributed by atoms with van der Waals surface area (Å²) in [5.41, 5.74) is 1.64. The number of methoxy groups -OCH3 is 1. The van der Waals surface area contributed by atoms with Crippen LogP contribution in [0.2, 0.25) is 0 Å². The van der Waals surface area contributed by atoms with Gasteiger partial charge < -0.3 is 4.74 Å². The van der Waals surface area contributed by atoms with Gasteiger partial charge in [-0.15, -0.1) is 0 Å². The topological polar surface area (TPSA) is 53.3 Å². The Morgan fingerprint density at radius 2 is 2.21 bits per heavy atom. The van der Waals surface area contributed by atoms with Crippen molar-refractivity contribution in [1.29, 1.82) is 5.26 Å². The van der Waals surface area contributed by atoms with E-state index in [2.05, 4.69) is 11.0 Å². The van der Waals surface area contributed by atoms with E-state index in [1.165, 1.54) is 7.11 Å². The van der Waals surface area contributed by atoms with E-state index in [1.807, 2.05) is 31.2 Å². The summed E-state index contributed by atoms with van der Waals surface area (Å²) in [4.78, 5) is 13.8. The Morgan fingerprint density at radius 1 is 1.53 bits per heavy atom. The summed E-state index contributed by atoms with van der Waals surface area (Å²) in [7, 11) is 1.41. The van der Waals surface area contributed by atoms with Crippen molar-refractivity contribution in [3.63, 3.8) is 0 Å². The second-order valence-electron chi connectivity index (χ2n) is 4.87. The number of rotatable bonds is 5. The van der Waals surface area contributed by atoms with Crippen molar-refractivity contribution >= 4 is 5.97 Å². The van der Waals surface area contributed by atoms with Crippen molar-refractivity contribution in [1.82, 2.24) is 4.90 Å². The third kappa shape index (κ3) is 3.12. The van der Waals surface area contributed by atoms with Crippen LogP contribution >= 0.6 is 0 Å². The van der Waals surface area contributed by atoms with E-state index in [0.29, 0.717) is 18.2 Å². The average Bonchev–Trinajstić information content (AvgIpc) is 3.28. The first-order valence-corrected chi connectivity index (χ1v) is 6.49. The Morgan fingerprint density at radius 3 is 2.79 bits per heavy atom. The molecule has 2 rings (SSSR count). The molecule has 0 heterocycles. The van der Waals surface area contributed by atoms with Crippen molar-refractivity contribution < 1.29 is 9.53 Å². The Bertz CT molecular complexity index is 503. The van der Waals surface area contributed by atoms with Gasteiger partial charge in [-0.1, -0.05) is 18.2 Å². The van der Waals surface area contributed by atoms with Crippen LogP contribution in [0.25, 0.3) is 0 Å². The number of hydrogen-bond acceptors (Lipinski definition) is 4. The van der Waals surface area contributed by atoms with Gasteiger partial charge in [0.15, 0.2) is 0 Å². The predicted octanol–water partition coefficient (Wildman–Crippen LogP) is 2.08. The summed E-state index contributed by atoms with van der Waals surface area (Å²) in [6, 6.07) is 9.88. The number of nitrogens with zero attached hydrogens (tertiary/aromatic N) is 2. The lowest BCUT2D eigenvalue weighted by atomic mass is 10.1. The minimum absolute atomic E-state index is 0.221. The Labute approximate surface area is 113 Å². The van der Waals surface area contributed by atoms with Crippen LogP contribution in [-0.4, -0.2) is 30.1 Å². The van der Waals surface area contributed by atoms with Crippen LogP contribution in [0.4, 0.5) is 0 Å². The highest BCUT2D eigenvalue weighted by molar-refractivity contribution is 5.75. The second-order valence-corrected chi connectivity index (χ2v) is 4.87. The predicted molar refractivity (Wildman–Crippen MR) is 71.2 cm³/mol. The third-order valence-electron chi connectivity index (χ3n) is 3.55. The second kappa shape index (κ2) is 5.85. The maximum atomic E-state index is 11.7. The molecule has 19 heavy (non-hydrogen) atoms. The molecule has 1 fully saturated rings. The van der Waals surface area contributed by atoms with E-state index in [0.717, 1.165) is 18.4 Å². The van der Waals surface area contributed by atoms with Crippen LogP contribution in [-0.2, 0) is 16.1 Å². The molecular formula is C15H18N2O2. The normalized spacial score (nSPS) is 15.9. The minimum Gasteiger partial charge on any atom is -0.468 e. The molecule has 0 radical (unpaired) electrons. The highest BCUT2D eigenvalue weighted by Gasteiger charge is 2.35. The van der Waals surface area contributed by atoms with Crippen molar-refractivity contribution in [2.75, 3.05) is 7.11 Å². The van der Waals surface area contributed by atoms with Gasteiger partial charge in [0.1, 0.15) is 6.04 Å². The molecule has 100 valence electrons. The van der Waals surface area contributed by atoms with Gasteiger partial charge in [-0.2, -0.15) is 5.26 Å². The van der Waals surface area contributed by atoms with Crippen LogP contribution in [0.5, 0.6) is 0 Å². The molecule has 0 spiro atoms. The Balaban J connectivity index is 2.17. The lowest BCUT2D eigenvalue weighted by Crippen LogP contribution is -2.40. The molecule has 0 aliphatic heterocycles. The molecule has 1 atom stereocenters. The Hall–Kier alpha value is -1.86. The van der Waals surface area contributed by atoms with Crippen LogP contribution < -0.4 is 0 Å². The van der Waals surface area contributed by atoms with Crippen molar-refractivity contribution in [3.8, 4) is 6.07 Å². The lowest BCUT2D eigenvalue weighted by molar-refractivity contribution is -0.146. The van der Waals surface area contributed by atoms with Crippen LogP contribution in [0.15, 0.2) is 24.3 Å². The molecule has 0 saturated heterocycles. The van der Waals surface area contributed by atoms with E-state index < -0.39 is 0 Å². The number of benzene rings is 1. The molecule has 1 aromatic carbocycles. The third-order valence-corrected chi connectivity index (χ3v) is 3.55. The Kier molecular flexibility index (Phi) is 4.18. The minimum atomic E-state index is -0.274. The van der Waals surface area contributed by atoms with Gasteiger partial charge in [0, 0.05) is 12.6 Å². The number of carbonyl (C=O) groups excluding carboxylic acids is 1. The number of carbonyl (C=O) groups is 1. The zero-order valence-electron chi connectivity index (χ0n) is 11.3. The van der Waals surface area contributed by atoms with Gasteiger partial charge in [-0.25, -0.2) is 0 Å². The molecule has 1 aromatic rings. The summed E-state index contributed by atoms with van der Waals surface area (Å²) in [5, 5.41) is 9.12. The van der Waals surface area contributed by atoms with Crippen LogP contribution in [0.3, 0.4) is 0 Å². The van der Waals surface area contributed by atoms with Gasteiger partial charge in [-0.05, 0) is 31.4 Å². The van der Waals surface area contributed by atoms with Gasteiger partial charge >= 0.3 is 5.97 Å². The molecule has 4 nitrogen and oxygen atoms in total. The fraction of sp³-hybridized carbons (Fsp3) is 0.467. The fourth-order valence-corrected chi connectivity index (χ4v) is 2.26. The molecule has 0 bridgehead atoms. The maximum absolute atomic E-state index is 11.7. The van der Waals surface area contributed by atoms with Crippen molar-refractivity contribution in [3.05, 3.63) is 35.4 Å². The average molecular weight is 258 g/mol. The van der Waals surface area contributed by atoms with E-state index >= 15 is 0 Å². The largest absolute Gasteiger partial charge is 0.468 e. The van der Waals surface area contributed by atoms with Crippen LogP contribution in [0.1, 0.15) is 30.9 Å². The zero-order valence-corrected chi connectivity index (χ0v) is 11.3. The first kappa shape index (κ1) is 13.6. The van der Waals surface area contributed by atoms with Crippen molar-refractivity contribution in [2.45, 2.75) is 38.4 Å². The lowest BCUT2D eigenvalue weighted by Gasteiger charge is -2.27. The van der Waals surface area contributed by atoms with E-state index in [4.69, 9.17) is 10.00 Å². The molecule has 1 aliphatic rings. The van der Waals surface area contributed by atoms with E-state index in [-0.39, 0.29) is 12.0 Å². The molecule has 1 saturated carbocycles. The van der Waals surface area contributed by atoms with Gasteiger partial charge in [0.25, 0.3) is 0 Å². The standard InChI is InChI=1S/C15H18N2O2/c1-11(15(18)19-2)17(14-7-8-14)10-13-6-4-3-5-12(13)9-16/h3-6,11,14H,7-8,10H2,1-2H3/t11-/m0/s1. The summed E-state index contributed by atoms with van der Waals surface area (Å²) >= 11 is 0. The molecule has 0 N–H and O–H groups in total. The maximum Gasteiger partial charge on any atom is 0.322 e. The quantitative estimate of drug-likeness (QED) is 0.759. The first-order valence-electron chi connectivity index (χ1n) is 6.49. The SMILES string of the molecule is COC(=O)[C@H](C)N(Cc1ccccc1C#N)C1CC1. The van der Waals surface area contributed by atoms with Gasteiger partial charge in [0.2, 0.25) is 0 Å². The summed E-state index contributed by atoms with van der Waals surface area (Å²) in [5.74, 6) is -0.221. The highest BCUT2D eigenvalue weighted by Crippen LogP contribution is 2.30. The number of nitriles is 1. The van der Waals surface area contributed by atoms with Gasteiger partial charge in [-0.3, -0.25) is 9.69 Å². The van der Waals surface area contributed by atoms with E-state index in [9.17, 15) is 4.79 Å². The van der Waals surface area contributed by atoms with Crippen LogP contribution in [0, 0.1) is 11.3 Å². The number of esters is 1. The summed E-state index contributed by atoms with van der Waals surface area (Å²) < 4.78 is 4.82. The highest BCUT2D eigenvalue weighted by atomic mass is 16.5. The molecule has 1 aliphatic carbocycles. The summed E-state index contributed by atoms with van der Waals surface area (Å²) in [6.07, 6.45) is 2.21. The summed E-state index contributed by atoms with van der Waals surface area (Å²) in [6.45, 7) is 2.48. The first-order chi connectivity index (χ1) is 9.17. The zero-order chi connectivity index (χ0) is 13.8. The molecule has 0 unspecified atom stereocenters. The molecule has 0 amide bonds. The van der Waals surface area contributed by atoms with Gasteiger partial charge in [0.05, 0.1) is 18.7 Å². The smallest absolute Gasteiger partial charge is 0.322 e. The van der Waals surface area contributed by atoms with E-state index in [1.54, 1.807) is 0 Å². The fourth-order valence-electron chi connectivity index (χ4n) is 2.26. The number of ether oxygens (including phenoxy) is 1. The van der Waals surface area contributed by atoms with Crippen molar-refractivity contribution in [2.24, 2.45) is 0 Å². The number of hydrogen-bond donors (Lipinski definition) is 0. The molecule has 4 heteroatoms. The monoisotopic (exact) mass is 258 g/mol.